The minimum Gasteiger partial charge on any atom is -0.369 e. The van der Waals surface area contributed by atoms with Crippen LogP contribution in [0.3, 0.4) is 0 Å². The quantitative estimate of drug-likeness (QED) is 0.475. The third kappa shape index (κ3) is 4.43. The molecule has 0 aromatic carbocycles. The summed E-state index contributed by atoms with van der Waals surface area (Å²) in [4.78, 5) is 11.7. The molecular weight excluding hydrogens is 264 g/mol. The highest BCUT2D eigenvalue weighted by Gasteiger charge is 2.41. The van der Waals surface area contributed by atoms with E-state index in [-0.39, 0.29) is 24.4 Å². The van der Waals surface area contributed by atoms with Gasteiger partial charge in [0.25, 0.3) is 0 Å². The molecule has 0 radical (unpaired) electrons. The van der Waals surface area contributed by atoms with E-state index < -0.39 is 0 Å². The van der Waals surface area contributed by atoms with E-state index in [1.807, 2.05) is 0 Å². The van der Waals surface area contributed by atoms with Crippen LogP contribution in [-0.2, 0) is 14.5 Å². The van der Waals surface area contributed by atoms with Crippen molar-refractivity contribution in [2.45, 2.75) is 108 Å². The molecule has 4 bridgehead atoms. The van der Waals surface area contributed by atoms with E-state index in [0.717, 1.165) is 31.6 Å². The maximum Gasteiger partial charge on any atom is 0.119 e. The first-order chi connectivity index (χ1) is 10.3. The summed E-state index contributed by atoms with van der Waals surface area (Å²) in [6, 6.07) is 0. The van der Waals surface area contributed by atoms with E-state index in [1.165, 1.54) is 51.4 Å². The molecule has 4 atom stereocenters. The van der Waals surface area contributed by atoms with Gasteiger partial charge in [0, 0.05) is 0 Å². The zero-order chi connectivity index (χ0) is 14.5. The van der Waals surface area contributed by atoms with E-state index in [2.05, 4.69) is 6.92 Å². The van der Waals surface area contributed by atoms with Crippen LogP contribution in [0.15, 0.2) is 0 Å². The smallest absolute Gasteiger partial charge is 0.119 e. The lowest BCUT2D eigenvalue weighted by atomic mass is 9.87. The molecule has 4 unspecified atom stereocenters. The van der Waals surface area contributed by atoms with Crippen molar-refractivity contribution < 1.29 is 14.5 Å². The molecule has 3 rings (SSSR count). The molecule has 3 fully saturated rings. The van der Waals surface area contributed by atoms with Gasteiger partial charge >= 0.3 is 0 Å². The molecule has 0 N–H and O–H groups in total. The lowest BCUT2D eigenvalue weighted by molar-refractivity contribution is -0.348. The molecule has 3 aliphatic rings. The fourth-order valence-electron chi connectivity index (χ4n) is 4.19. The van der Waals surface area contributed by atoms with Crippen molar-refractivity contribution >= 4 is 0 Å². The second-order valence-corrected chi connectivity index (χ2v) is 7.46. The van der Waals surface area contributed by atoms with E-state index >= 15 is 0 Å². The topological polar surface area (TPSA) is 27.7 Å². The molecule has 0 spiro atoms. The van der Waals surface area contributed by atoms with Crippen molar-refractivity contribution in [3.05, 3.63) is 0 Å². The van der Waals surface area contributed by atoms with Crippen LogP contribution in [0.4, 0.5) is 0 Å². The van der Waals surface area contributed by atoms with Gasteiger partial charge in [0.05, 0.1) is 12.2 Å². The highest BCUT2D eigenvalue weighted by molar-refractivity contribution is 4.86. The molecule has 0 amide bonds. The van der Waals surface area contributed by atoms with Gasteiger partial charge in [0.2, 0.25) is 0 Å². The number of ether oxygens (including phenoxy) is 1. The predicted octanol–water partition coefficient (Wildman–Crippen LogP) is 4.78. The predicted molar refractivity (Wildman–Crippen MR) is 83.0 cm³/mol. The summed E-state index contributed by atoms with van der Waals surface area (Å²) < 4.78 is 6.37. The van der Waals surface area contributed by atoms with Crippen LogP contribution < -0.4 is 0 Å². The molecule has 3 saturated heterocycles. The number of hydrogen-bond donors (Lipinski definition) is 0. The zero-order valence-corrected chi connectivity index (χ0v) is 13.6. The Kier molecular flexibility index (Phi) is 5.96. The van der Waals surface area contributed by atoms with Gasteiger partial charge in [0.15, 0.2) is 0 Å². The Labute approximate surface area is 129 Å². The molecule has 0 saturated carbocycles. The minimum absolute atomic E-state index is 0.156. The second kappa shape index (κ2) is 7.94. The molecular formula is C18H32O3. The summed E-state index contributed by atoms with van der Waals surface area (Å²) in [5.74, 6) is 0.736. The van der Waals surface area contributed by atoms with Crippen molar-refractivity contribution in [1.29, 1.82) is 0 Å². The maximum absolute atomic E-state index is 6.37. The molecule has 3 nitrogen and oxygen atoms in total. The number of hydrogen-bond acceptors (Lipinski definition) is 3. The van der Waals surface area contributed by atoms with Crippen LogP contribution in [0.2, 0.25) is 0 Å². The van der Waals surface area contributed by atoms with Crippen LogP contribution in [0.1, 0.15) is 84.0 Å². The van der Waals surface area contributed by atoms with Crippen molar-refractivity contribution in [3.63, 3.8) is 0 Å². The highest BCUT2D eigenvalue weighted by atomic mass is 17.2. The Bertz CT molecular complexity index is 279. The summed E-state index contributed by atoms with van der Waals surface area (Å²) in [6.45, 7) is 2.36. The summed E-state index contributed by atoms with van der Waals surface area (Å²) in [7, 11) is 0. The monoisotopic (exact) mass is 296 g/mol. The summed E-state index contributed by atoms with van der Waals surface area (Å²) in [5.41, 5.74) is 0. The van der Waals surface area contributed by atoms with E-state index in [0.29, 0.717) is 0 Å². The molecule has 0 aromatic heterocycles. The normalized spacial score (nSPS) is 43.0. The van der Waals surface area contributed by atoms with E-state index in [9.17, 15) is 0 Å². The van der Waals surface area contributed by atoms with Gasteiger partial charge in [-0.25, -0.2) is 9.78 Å². The Balaban J connectivity index is 1.66. The van der Waals surface area contributed by atoms with Gasteiger partial charge in [-0.3, -0.25) is 0 Å². The molecule has 0 aromatic rings. The SMILES string of the molecule is CC1CC2OC(C1)C1CCCCCCCCCCC2OO1. The fraction of sp³-hybridized carbons (Fsp3) is 1.00. The molecule has 3 heteroatoms. The minimum atomic E-state index is 0.156. The van der Waals surface area contributed by atoms with Crippen LogP contribution in [0.5, 0.6) is 0 Å². The Morgan fingerprint density at radius 2 is 1.00 bits per heavy atom. The molecule has 3 aliphatic heterocycles. The van der Waals surface area contributed by atoms with E-state index in [1.54, 1.807) is 0 Å². The van der Waals surface area contributed by atoms with Crippen LogP contribution in [0.25, 0.3) is 0 Å². The standard InChI is InChI=1S/C18H32O3/c1-14-12-17-15-10-8-6-4-2-3-5-7-9-11-16(21-20-15)18(13-14)19-17/h14-18H,2-13H2,1H3. The van der Waals surface area contributed by atoms with Crippen molar-refractivity contribution in [3.8, 4) is 0 Å². The van der Waals surface area contributed by atoms with Gasteiger partial charge in [-0.2, -0.15) is 0 Å². The Morgan fingerprint density at radius 3 is 1.48 bits per heavy atom. The molecule has 21 heavy (non-hydrogen) atoms. The summed E-state index contributed by atoms with van der Waals surface area (Å²) >= 11 is 0. The van der Waals surface area contributed by atoms with Gasteiger partial charge in [-0.1, -0.05) is 58.3 Å². The summed E-state index contributed by atoms with van der Waals surface area (Å²) in [5, 5.41) is 0. The van der Waals surface area contributed by atoms with E-state index in [4.69, 9.17) is 14.5 Å². The van der Waals surface area contributed by atoms with Crippen molar-refractivity contribution in [2.75, 3.05) is 0 Å². The number of rotatable bonds is 0. The second-order valence-electron chi connectivity index (χ2n) is 7.46. The van der Waals surface area contributed by atoms with Crippen molar-refractivity contribution in [2.24, 2.45) is 5.92 Å². The molecule has 0 aliphatic carbocycles. The zero-order valence-electron chi connectivity index (χ0n) is 13.6. The van der Waals surface area contributed by atoms with Crippen LogP contribution in [-0.4, -0.2) is 24.4 Å². The molecule has 3 heterocycles. The maximum atomic E-state index is 6.37. The van der Waals surface area contributed by atoms with Crippen molar-refractivity contribution in [1.82, 2.24) is 0 Å². The van der Waals surface area contributed by atoms with Gasteiger partial charge in [-0.05, 0) is 31.6 Å². The third-order valence-corrected chi connectivity index (χ3v) is 5.48. The lowest BCUT2D eigenvalue weighted by Gasteiger charge is -2.35. The highest BCUT2D eigenvalue weighted by Crippen LogP contribution is 2.36. The lowest BCUT2D eigenvalue weighted by Crippen LogP contribution is -2.41. The Morgan fingerprint density at radius 1 is 0.571 bits per heavy atom. The third-order valence-electron chi connectivity index (χ3n) is 5.48. The average molecular weight is 296 g/mol. The first-order valence-electron chi connectivity index (χ1n) is 9.30. The van der Waals surface area contributed by atoms with Gasteiger partial charge in [-0.15, -0.1) is 0 Å². The van der Waals surface area contributed by atoms with Gasteiger partial charge < -0.3 is 4.74 Å². The van der Waals surface area contributed by atoms with Crippen LogP contribution >= 0.6 is 0 Å². The summed E-state index contributed by atoms with van der Waals surface area (Å²) in [6.07, 6.45) is 16.0. The molecule has 122 valence electrons. The number of fused-ring (bicyclic) bond motifs is 7. The fourth-order valence-corrected chi connectivity index (χ4v) is 4.19. The Hall–Kier alpha value is -0.120. The van der Waals surface area contributed by atoms with Crippen LogP contribution in [0, 0.1) is 5.92 Å². The first-order valence-corrected chi connectivity index (χ1v) is 9.30. The largest absolute Gasteiger partial charge is 0.369 e. The first kappa shape index (κ1) is 15.8. The average Bonchev–Trinajstić information content (AvgIpc) is 2.59. The van der Waals surface area contributed by atoms with Gasteiger partial charge in [0.1, 0.15) is 12.2 Å².